The van der Waals surface area contributed by atoms with E-state index in [1.54, 1.807) is 24.8 Å². The highest BCUT2D eigenvalue weighted by Gasteiger charge is 2.11. The predicted molar refractivity (Wildman–Crippen MR) is 136 cm³/mol. The lowest BCUT2D eigenvalue weighted by molar-refractivity contribution is -0.116. The summed E-state index contributed by atoms with van der Waals surface area (Å²) in [6, 6.07) is 22.0. The molecule has 2 aromatic carbocycles. The molecule has 0 aliphatic heterocycles. The van der Waals surface area contributed by atoms with Crippen molar-refractivity contribution in [3.8, 4) is 22.8 Å². The van der Waals surface area contributed by atoms with Gasteiger partial charge in [-0.05, 0) is 36.8 Å². The first-order valence-corrected chi connectivity index (χ1v) is 11.3. The Kier molecular flexibility index (Phi) is 6.30. The van der Waals surface area contributed by atoms with E-state index in [9.17, 15) is 4.79 Å². The minimum atomic E-state index is -0.189. The van der Waals surface area contributed by atoms with E-state index in [0.29, 0.717) is 6.54 Å². The summed E-state index contributed by atoms with van der Waals surface area (Å²) in [5.74, 6) is 0.586. The maximum atomic E-state index is 12.6. The first-order valence-electron chi connectivity index (χ1n) is 11.3. The number of hydrogen-bond acceptors (Lipinski definition) is 4. The van der Waals surface area contributed by atoms with Crippen molar-refractivity contribution < 1.29 is 4.79 Å². The van der Waals surface area contributed by atoms with E-state index < -0.39 is 0 Å². The molecule has 0 fully saturated rings. The number of rotatable bonds is 7. The SMILES string of the molecule is Cc1ccc(-c2nn(-c3ccccc3)cc2C=CC(=O)NCc2ccc(-n3ccnc3)nc2)cc1. The van der Waals surface area contributed by atoms with Crippen molar-refractivity contribution in [1.82, 2.24) is 29.6 Å². The molecular weight excluding hydrogens is 436 g/mol. The number of nitrogens with one attached hydrogen (secondary N) is 1. The van der Waals surface area contributed by atoms with Gasteiger partial charge in [0.25, 0.3) is 0 Å². The predicted octanol–water partition coefficient (Wildman–Crippen LogP) is 4.76. The van der Waals surface area contributed by atoms with Crippen LogP contribution >= 0.6 is 0 Å². The minimum Gasteiger partial charge on any atom is -0.348 e. The van der Waals surface area contributed by atoms with Crippen molar-refractivity contribution in [1.29, 1.82) is 0 Å². The van der Waals surface area contributed by atoms with Gasteiger partial charge in [0.15, 0.2) is 0 Å². The van der Waals surface area contributed by atoms with Crippen LogP contribution in [0.15, 0.2) is 104 Å². The lowest BCUT2D eigenvalue weighted by Gasteiger charge is -2.05. The molecule has 5 aromatic rings. The molecule has 0 spiro atoms. The van der Waals surface area contributed by atoms with E-state index in [0.717, 1.165) is 33.9 Å². The second-order valence-electron chi connectivity index (χ2n) is 8.12. The number of benzene rings is 2. The molecule has 172 valence electrons. The monoisotopic (exact) mass is 460 g/mol. The van der Waals surface area contributed by atoms with E-state index in [4.69, 9.17) is 5.10 Å². The maximum Gasteiger partial charge on any atom is 0.244 e. The number of aryl methyl sites for hydroxylation is 1. The van der Waals surface area contributed by atoms with Crippen LogP contribution in [0.4, 0.5) is 0 Å². The Labute approximate surface area is 203 Å². The topological polar surface area (TPSA) is 77.6 Å². The smallest absolute Gasteiger partial charge is 0.244 e. The molecule has 35 heavy (non-hydrogen) atoms. The first-order chi connectivity index (χ1) is 17.2. The van der Waals surface area contributed by atoms with E-state index in [1.807, 2.05) is 76.2 Å². The second kappa shape index (κ2) is 10.0. The molecule has 0 aliphatic carbocycles. The standard InChI is InChI=1S/C28H24N6O/c1-21-7-10-23(11-8-21)28-24(19-34(32-28)25-5-3-2-4-6-25)12-14-27(35)31-18-22-9-13-26(30-17-22)33-16-15-29-20-33/h2-17,19-20H,18H2,1H3,(H,31,35). The summed E-state index contributed by atoms with van der Waals surface area (Å²) in [6.07, 6.45) is 12.3. The van der Waals surface area contributed by atoms with Crippen LogP contribution in [0.3, 0.4) is 0 Å². The van der Waals surface area contributed by atoms with Crippen LogP contribution in [0.25, 0.3) is 28.8 Å². The van der Waals surface area contributed by atoms with Gasteiger partial charge < -0.3 is 5.32 Å². The van der Waals surface area contributed by atoms with Crippen molar-refractivity contribution in [3.63, 3.8) is 0 Å². The van der Waals surface area contributed by atoms with Gasteiger partial charge in [0.05, 0.1) is 11.4 Å². The van der Waals surface area contributed by atoms with Crippen molar-refractivity contribution in [2.45, 2.75) is 13.5 Å². The number of imidazole rings is 1. The molecule has 3 aromatic heterocycles. The first kappa shape index (κ1) is 22.0. The normalized spacial score (nSPS) is 11.1. The van der Waals surface area contributed by atoms with Gasteiger partial charge in [0.2, 0.25) is 5.91 Å². The van der Waals surface area contributed by atoms with E-state index in [2.05, 4.69) is 34.3 Å². The van der Waals surface area contributed by atoms with Crippen LogP contribution in [0.1, 0.15) is 16.7 Å². The molecule has 1 N–H and O–H groups in total. The Morgan fingerprint density at radius 3 is 2.57 bits per heavy atom. The molecule has 0 saturated carbocycles. The van der Waals surface area contributed by atoms with Crippen LogP contribution in [-0.4, -0.2) is 30.2 Å². The highest BCUT2D eigenvalue weighted by Crippen LogP contribution is 2.25. The van der Waals surface area contributed by atoms with E-state index in [1.165, 1.54) is 11.6 Å². The zero-order chi connectivity index (χ0) is 24.0. The summed E-state index contributed by atoms with van der Waals surface area (Å²) in [7, 11) is 0. The number of carbonyl (C=O) groups is 1. The Balaban J connectivity index is 1.31. The minimum absolute atomic E-state index is 0.189. The Hall–Kier alpha value is -4.78. The molecule has 1 amide bonds. The molecule has 0 atom stereocenters. The zero-order valence-electron chi connectivity index (χ0n) is 19.2. The number of amides is 1. The fraction of sp³-hybridized carbons (Fsp3) is 0.0714. The van der Waals surface area contributed by atoms with E-state index in [-0.39, 0.29) is 5.91 Å². The number of aromatic nitrogens is 5. The Morgan fingerprint density at radius 1 is 1.03 bits per heavy atom. The third-order valence-corrected chi connectivity index (χ3v) is 5.55. The van der Waals surface area contributed by atoms with E-state index >= 15 is 0 Å². The summed E-state index contributed by atoms with van der Waals surface area (Å²) in [6.45, 7) is 2.44. The molecule has 0 aliphatic rings. The van der Waals surface area contributed by atoms with Crippen molar-refractivity contribution >= 4 is 12.0 Å². The third kappa shape index (κ3) is 5.25. The Bertz CT molecular complexity index is 1430. The quantitative estimate of drug-likeness (QED) is 0.355. The van der Waals surface area contributed by atoms with Gasteiger partial charge in [-0.15, -0.1) is 0 Å². The van der Waals surface area contributed by atoms with Gasteiger partial charge in [0.1, 0.15) is 12.1 Å². The Morgan fingerprint density at radius 2 is 1.86 bits per heavy atom. The summed E-state index contributed by atoms with van der Waals surface area (Å²) in [5, 5.41) is 7.72. The molecule has 0 radical (unpaired) electrons. The lowest BCUT2D eigenvalue weighted by Crippen LogP contribution is -2.20. The van der Waals surface area contributed by atoms with Gasteiger partial charge in [0, 0.05) is 48.5 Å². The summed E-state index contributed by atoms with van der Waals surface area (Å²) in [4.78, 5) is 21.0. The van der Waals surface area contributed by atoms with Crippen molar-refractivity contribution in [2.24, 2.45) is 0 Å². The highest BCUT2D eigenvalue weighted by molar-refractivity contribution is 5.92. The molecular formula is C28H24N6O. The van der Waals surface area contributed by atoms with Crippen molar-refractivity contribution in [3.05, 3.63) is 121 Å². The molecule has 3 heterocycles. The van der Waals surface area contributed by atoms with Crippen LogP contribution in [0.5, 0.6) is 0 Å². The van der Waals surface area contributed by atoms with Gasteiger partial charge >= 0.3 is 0 Å². The number of para-hydroxylation sites is 1. The van der Waals surface area contributed by atoms with Crippen LogP contribution in [-0.2, 0) is 11.3 Å². The lowest BCUT2D eigenvalue weighted by atomic mass is 10.1. The fourth-order valence-electron chi connectivity index (χ4n) is 3.64. The fourth-order valence-corrected chi connectivity index (χ4v) is 3.64. The van der Waals surface area contributed by atoms with Gasteiger partial charge in [-0.3, -0.25) is 9.36 Å². The van der Waals surface area contributed by atoms with Gasteiger partial charge in [-0.1, -0.05) is 54.1 Å². The molecule has 0 unspecified atom stereocenters. The second-order valence-corrected chi connectivity index (χ2v) is 8.12. The summed E-state index contributed by atoms with van der Waals surface area (Å²) in [5.41, 5.74) is 5.72. The molecule has 0 bridgehead atoms. The average molecular weight is 461 g/mol. The van der Waals surface area contributed by atoms with Gasteiger partial charge in [-0.25, -0.2) is 14.6 Å². The van der Waals surface area contributed by atoms with Crippen LogP contribution in [0.2, 0.25) is 0 Å². The average Bonchev–Trinajstić information content (AvgIpc) is 3.58. The third-order valence-electron chi connectivity index (χ3n) is 5.55. The van der Waals surface area contributed by atoms with Crippen molar-refractivity contribution in [2.75, 3.05) is 0 Å². The molecule has 0 saturated heterocycles. The van der Waals surface area contributed by atoms with Crippen LogP contribution < -0.4 is 5.32 Å². The molecule has 7 nitrogen and oxygen atoms in total. The highest BCUT2D eigenvalue weighted by atomic mass is 16.1. The number of carbonyl (C=O) groups excluding carboxylic acids is 1. The van der Waals surface area contributed by atoms with Crippen LogP contribution in [0, 0.1) is 6.92 Å². The molecule has 7 heteroatoms. The van der Waals surface area contributed by atoms with Gasteiger partial charge in [-0.2, -0.15) is 5.10 Å². The summed E-state index contributed by atoms with van der Waals surface area (Å²) >= 11 is 0. The molecule has 5 rings (SSSR count). The number of hydrogen-bond donors (Lipinski definition) is 1. The maximum absolute atomic E-state index is 12.6. The largest absolute Gasteiger partial charge is 0.348 e. The number of pyridine rings is 1. The number of nitrogens with zero attached hydrogens (tertiary/aromatic N) is 5. The zero-order valence-corrected chi connectivity index (χ0v) is 19.2. The summed E-state index contributed by atoms with van der Waals surface area (Å²) < 4.78 is 3.66.